The molecule has 0 saturated heterocycles. The third kappa shape index (κ3) is 4.73. The standard InChI is InChI=1S/C15H20Cl2/c1-3-5-6-8-12(7-4-2)14-11-13(16)9-10-15(14)17/h5-6,9-12H,3-4,7-8H2,1-2H3/b6-5-. The normalized spacial score (nSPS) is 13.2. The molecule has 94 valence electrons. The minimum atomic E-state index is 0.481. The average molecular weight is 271 g/mol. The Hall–Kier alpha value is -0.460. The van der Waals surface area contributed by atoms with Crippen molar-refractivity contribution in [3.63, 3.8) is 0 Å². The Bertz CT molecular complexity index is 369. The van der Waals surface area contributed by atoms with E-state index in [0.717, 1.165) is 35.7 Å². The van der Waals surface area contributed by atoms with Crippen molar-refractivity contribution in [1.29, 1.82) is 0 Å². The number of allylic oxidation sites excluding steroid dienone is 2. The monoisotopic (exact) mass is 270 g/mol. The fourth-order valence-corrected chi connectivity index (χ4v) is 2.46. The van der Waals surface area contributed by atoms with Gasteiger partial charge in [0.2, 0.25) is 0 Å². The van der Waals surface area contributed by atoms with E-state index in [0.29, 0.717) is 5.92 Å². The molecule has 0 bridgehead atoms. The number of halogens is 2. The molecule has 0 aromatic heterocycles. The van der Waals surface area contributed by atoms with E-state index in [1.54, 1.807) is 0 Å². The Kier molecular flexibility index (Phi) is 6.69. The molecule has 2 heteroatoms. The fourth-order valence-electron chi connectivity index (χ4n) is 2.00. The predicted molar refractivity (Wildman–Crippen MR) is 78.2 cm³/mol. The summed E-state index contributed by atoms with van der Waals surface area (Å²) in [6, 6.07) is 5.74. The Balaban J connectivity index is 2.87. The van der Waals surface area contributed by atoms with Crippen LogP contribution in [0.4, 0.5) is 0 Å². The lowest BCUT2D eigenvalue weighted by Crippen LogP contribution is -1.98. The SMILES string of the molecule is CC/C=C\CC(CCC)c1cc(Cl)ccc1Cl. The van der Waals surface area contributed by atoms with Gasteiger partial charge >= 0.3 is 0 Å². The Morgan fingerprint density at radius 3 is 2.59 bits per heavy atom. The number of benzene rings is 1. The van der Waals surface area contributed by atoms with E-state index in [2.05, 4.69) is 26.0 Å². The number of hydrogen-bond donors (Lipinski definition) is 0. The Labute approximate surface area is 115 Å². The molecular weight excluding hydrogens is 251 g/mol. The maximum absolute atomic E-state index is 6.26. The highest BCUT2D eigenvalue weighted by molar-refractivity contribution is 6.33. The number of rotatable bonds is 6. The summed E-state index contributed by atoms with van der Waals surface area (Å²) in [5.74, 6) is 0.481. The van der Waals surface area contributed by atoms with Crippen molar-refractivity contribution in [2.45, 2.75) is 45.4 Å². The molecule has 0 heterocycles. The zero-order valence-corrected chi connectivity index (χ0v) is 12.1. The van der Waals surface area contributed by atoms with Gasteiger partial charge in [-0.1, -0.05) is 55.6 Å². The predicted octanol–water partition coefficient (Wildman–Crippen LogP) is 6.23. The van der Waals surface area contributed by atoms with Crippen LogP contribution in [0.15, 0.2) is 30.4 Å². The highest BCUT2D eigenvalue weighted by Crippen LogP contribution is 2.33. The van der Waals surface area contributed by atoms with Crippen molar-refractivity contribution in [2.75, 3.05) is 0 Å². The van der Waals surface area contributed by atoms with Gasteiger partial charge in [-0.2, -0.15) is 0 Å². The molecule has 0 fully saturated rings. The molecule has 0 saturated carbocycles. The summed E-state index contributed by atoms with van der Waals surface area (Å²) in [5.41, 5.74) is 1.18. The highest BCUT2D eigenvalue weighted by Gasteiger charge is 2.13. The van der Waals surface area contributed by atoms with Crippen LogP contribution in [-0.4, -0.2) is 0 Å². The fraction of sp³-hybridized carbons (Fsp3) is 0.467. The van der Waals surface area contributed by atoms with Gasteiger partial charge in [0.05, 0.1) is 0 Å². The van der Waals surface area contributed by atoms with Crippen LogP contribution >= 0.6 is 23.2 Å². The summed E-state index contributed by atoms with van der Waals surface area (Å²) in [6.07, 6.45) is 8.89. The molecule has 0 aliphatic rings. The smallest absolute Gasteiger partial charge is 0.0441 e. The summed E-state index contributed by atoms with van der Waals surface area (Å²) in [7, 11) is 0. The zero-order chi connectivity index (χ0) is 12.7. The minimum Gasteiger partial charge on any atom is -0.0888 e. The lowest BCUT2D eigenvalue weighted by molar-refractivity contribution is 0.620. The van der Waals surface area contributed by atoms with E-state index < -0.39 is 0 Å². The van der Waals surface area contributed by atoms with Gasteiger partial charge in [0.15, 0.2) is 0 Å². The van der Waals surface area contributed by atoms with E-state index in [1.165, 1.54) is 5.56 Å². The van der Waals surface area contributed by atoms with Crippen molar-refractivity contribution in [3.8, 4) is 0 Å². The lowest BCUT2D eigenvalue weighted by Gasteiger charge is -2.16. The van der Waals surface area contributed by atoms with Gasteiger partial charge in [-0.05, 0) is 48.9 Å². The van der Waals surface area contributed by atoms with Crippen molar-refractivity contribution in [3.05, 3.63) is 46.0 Å². The molecule has 1 aromatic rings. The van der Waals surface area contributed by atoms with Gasteiger partial charge in [0.25, 0.3) is 0 Å². The molecule has 0 nitrogen and oxygen atoms in total. The largest absolute Gasteiger partial charge is 0.0888 e. The molecule has 1 aromatic carbocycles. The van der Waals surface area contributed by atoms with Crippen molar-refractivity contribution >= 4 is 23.2 Å². The van der Waals surface area contributed by atoms with Gasteiger partial charge in [0, 0.05) is 10.0 Å². The molecule has 1 atom stereocenters. The molecule has 17 heavy (non-hydrogen) atoms. The molecule has 0 spiro atoms. The highest BCUT2D eigenvalue weighted by atomic mass is 35.5. The van der Waals surface area contributed by atoms with Crippen LogP contribution in [0.25, 0.3) is 0 Å². The van der Waals surface area contributed by atoms with Crippen LogP contribution in [-0.2, 0) is 0 Å². The maximum Gasteiger partial charge on any atom is 0.0441 e. The van der Waals surface area contributed by atoms with E-state index >= 15 is 0 Å². The summed E-state index contributed by atoms with van der Waals surface area (Å²) >= 11 is 12.3. The van der Waals surface area contributed by atoms with E-state index in [1.807, 2.05) is 18.2 Å². The summed E-state index contributed by atoms with van der Waals surface area (Å²) in [5, 5.41) is 1.60. The first-order chi connectivity index (χ1) is 8.19. The second-order valence-corrected chi connectivity index (χ2v) is 5.11. The summed E-state index contributed by atoms with van der Waals surface area (Å²) in [6.45, 7) is 4.35. The minimum absolute atomic E-state index is 0.481. The van der Waals surface area contributed by atoms with Gasteiger partial charge in [0.1, 0.15) is 0 Å². The van der Waals surface area contributed by atoms with Crippen LogP contribution < -0.4 is 0 Å². The zero-order valence-electron chi connectivity index (χ0n) is 10.5. The molecule has 0 aliphatic carbocycles. The van der Waals surface area contributed by atoms with E-state index in [9.17, 15) is 0 Å². The first-order valence-electron chi connectivity index (χ1n) is 6.29. The second-order valence-electron chi connectivity index (χ2n) is 4.27. The van der Waals surface area contributed by atoms with Crippen molar-refractivity contribution < 1.29 is 0 Å². The van der Waals surface area contributed by atoms with Crippen LogP contribution in [0, 0.1) is 0 Å². The van der Waals surface area contributed by atoms with Gasteiger partial charge in [-0.3, -0.25) is 0 Å². The molecule has 1 rings (SSSR count). The second kappa shape index (κ2) is 7.79. The topological polar surface area (TPSA) is 0 Å². The van der Waals surface area contributed by atoms with Crippen molar-refractivity contribution in [2.24, 2.45) is 0 Å². The van der Waals surface area contributed by atoms with Crippen LogP contribution in [0.2, 0.25) is 10.0 Å². The lowest BCUT2D eigenvalue weighted by atomic mass is 9.91. The first kappa shape index (κ1) is 14.6. The van der Waals surface area contributed by atoms with Crippen LogP contribution in [0.5, 0.6) is 0 Å². The Morgan fingerprint density at radius 2 is 1.94 bits per heavy atom. The van der Waals surface area contributed by atoms with Crippen molar-refractivity contribution in [1.82, 2.24) is 0 Å². The quantitative estimate of drug-likeness (QED) is 0.538. The molecular formula is C15H20Cl2. The first-order valence-corrected chi connectivity index (χ1v) is 7.04. The molecule has 0 amide bonds. The van der Waals surface area contributed by atoms with Gasteiger partial charge < -0.3 is 0 Å². The summed E-state index contributed by atoms with van der Waals surface area (Å²) in [4.78, 5) is 0. The van der Waals surface area contributed by atoms with Gasteiger partial charge in [-0.15, -0.1) is 0 Å². The number of hydrogen-bond acceptors (Lipinski definition) is 0. The van der Waals surface area contributed by atoms with Crippen LogP contribution in [0.3, 0.4) is 0 Å². The Morgan fingerprint density at radius 1 is 1.18 bits per heavy atom. The molecule has 0 N–H and O–H groups in total. The molecule has 0 radical (unpaired) electrons. The van der Waals surface area contributed by atoms with Crippen LogP contribution in [0.1, 0.15) is 51.0 Å². The third-order valence-corrected chi connectivity index (χ3v) is 3.44. The third-order valence-electron chi connectivity index (χ3n) is 2.86. The van der Waals surface area contributed by atoms with E-state index in [4.69, 9.17) is 23.2 Å². The average Bonchev–Trinajstić information content (AvgIpc) is 2.32. The maximum atomic E-state index is 6.26. The van der Waals surface area contributed by atoms with E-state index in [-0.39, 0.29) is 0 Å². The van der Waals surface area contributed by atoms with Gasteiger partial charge in [-0.25, -0.2) is 0 Å². The molecule has 1 unspecified atom stereocenters. The molecule has 0 aliphatic heterocycles. The summed E-state index contributed by atoms with van der Waals surface area (Å²) < 4.78 is 0.